The van der Waals surface area contributed by atoms with Gasteiger partial charge in [0.1, 0.15) is 19.0 Å². The Labute approximate surface area is 164 Å². The SMILES string of the molecule is Cc1ccc(C)c(OCCSCCC(=O)Nc2ccc3c(c2)OCCO3)c1. The molecule has 1 aliphatic heterocycles. The van der Waals surface area contributed by atoms with E-state index in [1.165, 1.54) is 5.56 Å². The first-order valence-electron chi connectivity index (χ1n) is 9.09. The Bertz CT molecular complexity index is 794. The van der Waals surface area contributed by atoms with Crippen LogP contribution in [0.2, 0.25) is 0 Å². The summed E-state index contributed by atoms with van der Waals surface area (Å²) in [6.45, 7) is 5.83. The molecule has 5 nitrogen and oxygen atoms in total. The van der Waals surface area contributed by atoms with Gasteiger partial charge in [0.25, 0.3) is 0 Å². The third kappa shape index (κ3) is 5.82. The zero-order chi connectivity index (χ0) is 19.1. The fourth-order valence-corrected chi connectivity index (χ4v) is 3.42. The van der Waals surface area contributed by atoms with Gasteiger partial charge in [-0.3, -0.25) is 4.79 Å². The van der Waals surface area contributed by atoms with E-state index in [0.29, 0.717) is 32.0 Å². The molecule has 3 rings (SSSR count). The molecule has 0 aliphatic carbocycles. The Hall–Kier alpha value is -2.34. The number of thioether (sulfide) groups is 1. The first-order chi connectivity index (χ1) is 13.1. The summed E-state index contributed by atoms with van der Waals surface area (Å²) in [6, 6.07) is 11.7. The van der Waals surface area contributed by atoms with Crippen molar-refractivity contribution >= 4 is 23.4 Å². The van der Waals surface area contributed by atoms with Crippen LogP contribution in [0, 0.1) is 13.8 Å². The van der Waals surface area contributed by atoms with E-state index in [-0.39, 0.29) is 5.91 Å². The molecule has 0 spiro atoms. The van der Waals surface area contributed by atoms with E-state index in [1.54, 1.807) is 17.8 Å². The first kappa shape index (κ1) is 19.4. The number of fused-ring (bicyclic) bond motifs is 1. The first-order valence-corrected chi connectivity index (χ1v) is 10.2. The molecular weight excluding hydrogens is 362 g/mol. The van der Waals surface area contributed by atoms with Gasteiger partial charge in [0.05, 0.1) is 6.61 Å². The minimum atomic E-state index is -0.00498. The summed E-state index contributed by atoms with van der Waals surface area (Å²) in [7, 11) is 0. The Balaban J connectivity index is 1.33. The lowest BCUT2D eigenvalue weighted by molar-refractivity contribution is -0.115. The second kappa shape index (κ2) is 9.55. The lowest BCUT2D eigenvalue weighted by atomic mass is 10.1. The Kier molecular flexibility index (Phi) is 6.87. The number of benzene rings is 2. The van der Waals surface area contributed by atoms with Crippen molar-refractivity contribution in [1.82, 2.24) is 0 Å². The van der Waals surface area contributed by atoms with Crippen LogP contribution in [0.4, 0.5) is 5.69 Å². The highest BCUT2D eigenvalue weighted by Crippen LogP contribution is 2.32. The van der Waals surface area contributed by atoms with Crippen molar-refractivity contribution < 1.29 is 19.0 Å². The number of ether oxygens (including phenoxy) is 3. The second-order valence-electron chi connectivity index (χ2n) is 6.39. The highest BCUT2D eigenvalue weighted by molar-refractivity contribution is 7.99. The minimum Gasteiger partial charge on any atom is -0.492 e. The van der Waals surface area contributed by atoms with Crippen LogP contribution in [-0.2, 0) is 4.79 Å². The van der Waals surface area contributed by atoms with Gasteiger partial charge >= 0.3 is 0 Å². The van der Waals surface area contributed by atoms with Crippen molar-refractivity contribution in [1.29, 1.82) is 0 Å². The smallest absolute Gasteiger partial charge is 0.225 e. The molecule has 27 heavy (non-hydrogen) atoms. The van der Waals surface area contributed by atoms with Gasteiger partial charge in [-0.05, 0) is 43.2 Å². The third-order valence-electron chi connectivity index (χ3n) is 4.13. The number of amides is 1. The molecule has 144 valence electrons. The molecule has 0 atom stereocenters. The van der Waals surface area contributed by atoms with E-state index in [9.17, 15) is 4.79 Å². The fourth-order valence-electron chi connectivity index (χ4n) is 2.68. The normalized spacial score (nSPS) is 12.5. The monoisotopic (exact) mass is 387 g/mol. The van der Waals surface area contributed by atoms with Crippen molar-refractivity contribution in [2.75, 3.05) is 36.6 Å². The number of aryl methyl sites for hydroxylation is 2. The van der Waals surface area contributed by atoms with Crippen LogP contribution in [0.3, 0.4) is 0 Å². The maximum atomic E-state index is 12.1. The second-order valence-corrected chi connectivity index (χ2v) is 7.61. The van der Waals surface area contributed by atoms with E-state index < -0.39 is 0 Å². The van der Waals surface area contributed by atoms with Gasteiger partial charge in [-0.15, -0.1) is 0 Å². The molecule has 0 radical (unpaired) electrons. The van der Waals surface area contributed by atoms with Crippen LogP contribution < -0.4 is 19.5 Å². The Morgan fingerprint density at radius 1 is 1.07 bits per heavy atom. The van der Waals surface area contributed by atoms with Gasteiger partial charge < -0.3 is 19.5 Å². The van der Waals surface area contributed by atoms with Crippen LogP contribution in [0.25, 0.3) is 0 Å². The molecule has 0 unspecified atom stereocenters. The van der Waals surface area contributed by atoms with E-state index in [0.717, 1.165) is 34.3 Å². The molecule has 0 saturated carbocycles. The average Bonchev–Trinajstić information content (AvgIpc) is 2.67. The van der Waals surface area contributed by atoms with Crippen LogP contribution in [0.15, 0.2) is 36.4 Å². The van der Waals surface area contributed by atoms with Crippen LogP contribution in [-0.4, -0.2) is 37.2 Å². The van der Waals surface area contributed by atoms with E-state index in [4.69, 9.17) is 14.2 Å². The molecule has 1 amide bonds. The van der Waals surface area contributed by atoms with Crippen molar-refractivity contribution in [2.45, 2.75) is 20.3 Å². The van der Waals surface area contributed by atoms with Crippen molar-refractivity contribution in [3.63, 3.8) is 0 Å². The van der Waals surface area contributed by atoms with Crippen LogP contribution >= 0.6 is 11.8 Å². The number of carbonyl (C=O) groups is 1. The fraction of sp³-hybridized carbons (Fsp3) is 0.381. The Morgan fingerprint density at radius 3 is 2.74 bits per heavy atom. The molecule has 2 aromatic carbocycles. The summed E-state index contributed by atoms with van der Waals surface area (Å²) < 4.78 is 16.8. The highest BCUT2D eigenvalue weighted by Gasteiger charge is 2.12. The van der Waals surface area contributed by atoms with Crippen molar-refractivity contribution in [3.8, 4) is 17.2 Å². The number of hydrogen-bond acceptors (Lipinski definition) is 5. The highest BCUT2D eigenvalue weighted by atomic mass is 32.2. The number of anilines is 1. The van der Waals surface area contributed by atoms with Crippen molar-refractivity contribution in [2.24, 2.45) is 0 Å². The zero-order valence-corrected chi connectivity index (χ0v) is 16.6. The summed E-state index contributed by atoms with van der Waals surface area (Å²) in [5.74, 6) is 3.94. The predicted octanol–water partition coefficient (Wildman–Crippen LogP) is 4.22. The summed E-state index contributed by atoms with van der Waals surface area (Å²) in [5, 5.41) is 2.90. The zero-order valence-electron chi connectivity index (χ0n) is 15.7. The molecule has 0 bridgehead atoms. The Morgan fingerprint density at radius 2 is 1.89 bits per heavy atom. The third-order valence-corrected chi connectivity index (χ3v) is 5.08. The summed E-state index contributed by atoms with van der Waals surface area (Å²) in [4.78, 5) is 12.1. The van der Waals surface area contributed by atoms with Gasteiger partial charge in [-0.25, -0.2) is 0 Å². The van der Waals surface area contributed by atoms with E-state index in [1.807, 2.05) is 19.1 Å². The van der Waals surface area contributed by atoms with Crippen LogP contribution in [0.5, 0.6) is 17.2 Å². The lowest BCUT2D eigenvalue weighted by Gasteiger charge is -2.19. The molecular formula is C21H25NO4S. The lowest BCUT2D eigenvalue weighted by Crippen LogP contribution is -2.16. The molecule has 0 fully saturated rings. The van der Waals surface area contributed by atoms with Gasteiger partial charge in [0.2, 0.25) is 5.91 Å². The number of nitrogens with one attached hydrogen (secondary N) is 1. The molecule has 6 heteroatoms. The standard InChI is InChI=1S/C21H25NO4S/c1-15-3-4-16(2)19(13-15)26-10-12-27-11-7-21(23)22-17-5-6-18-20(14-17)25-9-8-24-18/h3-6,13-14H,7-12H2,1-2H3,(H,22,23). The molecule has 2 aromatic rings. The largest absolute Gasteiger partial charge is 0.492 e. The molecule has 1 aliphatic rings. The maximum Gasteiger partial charge on any atom is 0.225 e. The molecule has 1 N–H and O–H groups in total. The van der Waals surface area contributed by atoms with Gasteiger partial charge in [-0.1, -0.05) is 12.1 Å². The molecule has 1 heterocycles. The molecule has 0 saturated heterocycles. The van der Waals surface area contributed by atoms with Crippen molar-refractivity contribution in [3.05, 3.63) is 47.5 Å². The maximum absolute atomic E-state index is 12.1. The summed E-state index contributed by atoms with van der Waals surface area (Å²) >= 11 is 1.71. The van der Waals surface area contributed by atoms with Crippen LogP contribution in [0.1, 0.15) is 17.5 Å². The average molecular weight is 388 g/mol. The van der Waals surface area contributed by atoms with E-state index in [2.05, 4.69) is 30.4 Å². The quantitative estimate of drug-likeness (QED) is 0.688. The summed E-state index contributed by atoms with van der Waals surface area (Å²) in [5.41, 5.74) is 3.07. The topological polar surface area (TPSA) is 56.8 Å². The number of carbonyl (C=O) groups excluding carboxylic acids is 1. The predicted molar refractivity (Wildman–Crippen MR) is 109 cm³/mol. The van der Waals surface area contributed by atoms with Gasteiger partial charge in [-0.2, -0.15) is 11.8 Å². The van der Waals surface area contributed by atoms with Gasteiger partial charge in [0, 0.05) is 29.7 Å². The number of rotatable bonds is 8. The summed E-state index contributed by atoms with van der Waals surface area (Å²) in [6.07, 6.45) is 0.461. The minimum absolute atomic E-state index is 0.00498. The number of hydrogen-bond donors (Lipinski definition) is 1. The van der Waals surface area contributed by atoms with E-state index >= 15 is 0 Å². The molecule has 0 aromatic heterocycles. The van der Waals surface area contributed by atoms with Gasteiger partial charge in [0.15, 0.2) is 11.5 Å².